The molecule has 0 saturated carbocycles. The van der Waals surface area contributed by atoms with E-state index >= 15 is 0 Å². The second-order valence-corrected chi connectivity index (χ2v) is 4.07. The summed E-state index contributed by atoms with van der Waals surface area (Å²) in [6.45, 7) is 4.33. The fraction of sp³-hybridized carbons (Fsp3) is 0.800. The van der Waals surface area contributed by atoms with E-state index in [4.69, 9.17) is 5.73 Å². The van der Waals surface area contributed by atoms with Crippen molar-refractivity contribution in [3.8, 4) is 0 Å². The zero-order chi connectivity index (χ0) is 11.3. The van der Waals surface area contributed by atoms with Crippen LogP contribution >= 0.6 is 0 Å². The van der Waals surface area contributed by atoms with Crippen LogP contribution in [0.25, 0.3) is 0 Å². The van der Waals surface area contributed by atoms with Gasteiger partial charge in [0, 0.05) is 18.9 Å². The number of nitrogens with one attached hydrogen (secondary N) is 2. The zero-order valence-corrected chi connectivity index (χ0v) is 9.08. The smallest absolute Gasteiger partial charge is 0.223 e. The maximum atomic E-state index is 11.6. The number of carbonyl (C=O) groups is 2. The Morgan fingerprint density at radius 3 is 2.67 bits per heavy atom. The molecule has 86 valence electrons. The predicted octanol–water partition coefficient (Wildman–Crippen LogP) is -0.776. The van der Waals surface area contributed by atoms with Gasteiger partial charge in [-0.2, -0.15) is 0 Å². The minimum Gasteiger partial charge on any atom is -0.370 e. The first-order valence-corrected chi connectivity index (χ1v) is 5.38. The molecule has 0 aliphatic carbocycles. The van der Waals surface area contributed by atoms with Crippen LogP contribution in [-0.2, 0) is 9.59 Å². The van der Waals surface area contributed by atoms with Crippen LogP contribution in [0.15, 0.2) is 0 Å². The molecule has 1 aliphatic heterocycles. The number of hydrogen-bond acceptors (Lipinski definition) is 3. The van der Waals surface area contributed by atoms with Gasteiger partial charge in [0.2, 0.25) is 11.8 Å². The van der Waals surface area contributed by atoms with Gasteiger partial charge < -0.3 is 16.4 Å². The van der Waals surface area contributed by atoms with Crippen molar-refractivity contribution in [1.82, 2.24) is 10.6 Å². The van der Waals surface area contributed by atoms with Gasteiger partial charge in [0.05, 0.1) is 0 Å². The summed E-state index contributed by atoms with van der Waals surface area (Å²) in [5.41, 5.74) is 4.99. The lowest BCUT2D eigenvalue weighted by Gasteiger charge is -2.31. The van der Waals surface area contributed by atoms with Gasteiger partial charge in [-0.3, -0.25) is 9.59 Å². The van der Waals surface area contributed by atoms with Crippen molar-refractivity contribution in [3.63, 3.8) is 0 Å². The Morgan fingerprint density at radius 1 is 1.53 bits per heavy atom. The van der Waals surface area contributed by atoms with Gasteiger partial charge in [0.1, 0.15) is 0 Å². The van der Waals surface area contributed by atoms with Gasteiger partial charge in [0.25, 0.3) is 0 Å². The van der Waals surface area contributed by atoms with E-state index in [1.165, 1.54) is 0 Å². The fourth-order valence-corrected chi connectivity index (χ4v) is 1.51. The predicted molar refractivity (Wildman–Crippen MR) is 57.0 cm³/mol. The maximum Gasteiger partial charge on any atom is 0.223 e. The summed E-state index contributed by atoms with van der Waals surface area (Å²) in [6.07, 6.45) is 0.955. The molecule has 5 nitrogen and oxygen atoms in total. The number of primary amides is 1. The molecule has 0 radical (unpaired) electrons. The normalized spacial score (nSPS) is 17.9. The molecule has 1 saturated heterocycles. The third-order valence-electron chi connectivity index (χ3n) is 2.83. The van der Waals surface area contributed by atoms with Crippen LogP contribution in [0.2, 0.25) is 0 Å². The van der Waals surface area contributed by atoms with Crippen molar-refractivity contribution in [2.45, 2.75) is 19.8 Å². The number of hydrogen-bond donors (Lipinski definition) is 3. The standard InChI is InChI=1S/C10H19N3O2/c1-7(8-5-12-6-8)10(15)13-4-2-3-9(11)14/h7-8,12H,2-6H2,1H3,(H2,11,14)(H,13,15). The highest BCUT2D eigenvalue weighted by Crippen LogP contribution is 2.15. The minimum absolute atomic E-state index is 0.0554. The molecule has 0 aromatic rings. The first kappa shape index (κ1) is 12.0. The van der Waals surface area contributed by atoms with Crippen LogP contribution in [0.4, 0.5) is 0 Å². The minimum atomic E-state index is -0.319. The Kier molecular flexibility index (Phi) is 4.55. The third-order valence-corrected chi connectivity index (χ3v) is 2.83. The molecule has 1 rings (SSSR count). The number of rotatable bonds is 6. The lowest BCUT2D eigenvalue weighted by molar-refractivity contribution is -0.127. The monoisotopic (exact) mass is 213 g/mol. The van der Waals surface area contributed by atoms with Gasteiger partial charge in [-0.05, 0) is 25.4 Å². The van der Waals surface area contributed by atoms with Gasteiger partial charge in [-0.15, -0.1) is 0 Å². The Hall–Kier alpha value is -1.10. The van der Waals surface area contributed by atoms with Gasteiger partial charge in [-0.25, -0.2) is 0 Å². The summed E-state index contributed by atoms with van der Waals surface area (Å²) in [5.74, 6) is 0.271. The highest BCUT2D eigenvalue weighted by atomic mass is 16.2. The average Bonchev–Trinajstić information content (AvgIpc) is 2.08. The molecule has 2 amide bonds. The van der Waals surface area contributed by atoms with Crippen LogP contribution in [0.5, 0.6) is 0 Å². The molecule has 0 aromatic carbocycles. The maximum absolute atomic E-state index is 11.6. The van der Waals surface area contributed by atoms with Gasteiger partial charge in [-0.1, -0.05) is 6.92 Å². The summed E-state index contributed by atoms with van der Waals surface area (Å²) < 4.78 is 0. The molecule has 1 fully saturated rings. The molecule has 0 aromatic heterocycles. The fourth-order valence-electron chi connectivity index (χ4n) is 1.51. The largest absolute Gasteiger partial charge is 0.370 e. The number of amides is 2. The Bertz CT molecular complexity index is 239. The summed E-state index contributed by atoms with van der Waals surface area (Å²) in [5, 5.41) is 5.95. The molecular weight excluding hydrogens is 194 g/mol. The van der Waals surface area contributed by atoms with E-state index in [9.17, 15) is 9.59 Å². The van der Waals surface area contributed by atoms with E-state index < -0.39 is 0 Å². The summed E-state index contributed by atoms with van der Waals surface area (Å²) in [6, 6.07) is 0. The van der Waals surface area contributed by atoms with Crippen molar-refractivity contribution >= 4 is 11.8 Å². The molecule has 5 heteroatoms. The zero-order valence-electron chi connectivity index (χ0n) is 9.08. The van der Waals surface area contributed by atoms with E-state index in [-0.39, 0.29) is 17.7 Å². The molecule has 0 spiro atoms. The van der Waals surface area contributed by atoms with E-state index in [0.29, 0.717) is 25.3 Å². The number of carbonyl (C=O) groups excluding carboxylic acids is 2. The molecule has 1 atom stereocenters. The molecule has 0 bridgehead atoms. The molecule has 4 N–H and O–H groups in total. The molecule has 1 heterocycles. The van der Waals surface area contributed by atoms with Crippen molar-refractivity contribution in [1.29, 1.82) is 0 Å². The van der Waals surface area contributed by atoms with E-state index in [1.54, 1.807) is 0 Å². The summed E-state index contributed by atoms with van der Waals surface area (Å²) >= 11 is 0. The highest BCUT2D eigenvalue weighted by molar-refractivity contribution is 5.79. The molecule has 1 aliphatic rings. The first-order chi connectivity index (χ1) is 7.11. The van der Waals surface area contributed by atoms with E-state index in [1.807, 2.05) is 6.92 Å². The third kappa shape index (κ3) is 3.87. The Balaban J connectivity index is 2.09. The topological polar surface area (TPSA) is 84.2 Å². The Morgan fingerprint density at radius 2 is 2.20 bits per heavy atom. The van der Waals surface area contributed by atoms with Crippen LogP contribution in [0.1, 0.15) is 19.8 Å². The van der Waals surface area contributed by atoms with Gasteiger partial charge in [0.15, 0.2) is 0 Å². The number of nitrogens with two attached hydrogens (primary N) is 1. The second-order valence-electron chi connectivity index (χ2n) is 4.07. The van der Waals surface area contributed by atoms with E-state index in [2.05, 4.69) is 10.6 Å². The summed E-state index contributed by atoms with van der Waals surface area (Å²) in [7, 11) is 0. The van der Waals surface area contributed by atoms with Crippen LogP contribution in [0.3, 0.4) is 0 Å². The summed E-state index contributed by atoms with van der Waals surface area (Å²) in [4.78, 5) is 22.0. The molecule has 15 heavy (non-hydrogen) atoms. The van der Waals surface area contributed by atoms with Gasteiger partial charge >= 0.3 is 0 Å². The van der Waals surface area contributed by atoms with Crippen molar-refractivity contribution in [2.75, 3.05) is 19.6 Å². The lowest BCUT2D eigenvalue weighted by Crippen LogP contribution is -2.49. The average molecular weight is 213 g/mol. The Labute approximate surface area is 89.8 Å². The van der Waals surface area contributed by atoms with Crippen molar-refractivity contribution in [3.05, 3.63) is 0 Å². The van der Waals surface area contributed by atoms with Crippen LogP contribution < -0.4 is 16.4 Å². The first-order valence-electron chi connectivity index (χ1n) is 5.38. The second kappa shape index (κ2) is 5.70. The molecular formula is C10H19N3O2. The van der Waals surface area contributed by atoms with Crippen LogP contribution in [-0.4, -0.2) is 31.4 Å². The van der Waals surface area contributed by atoms with Crippen LogP contribution in [0, 0.1) is 11.8 Å². The SMILES string of the molecule is CC(C(=O)NCCCC(N)=O)C1CNC1. The molecule has 1 unspecified atom stereocenters. The quantitative estimate of drug-likeness (QED) is 0.506. The highest BCUT2D eigenvalue weighted by Gasteiger charge is 2.28. The lowest BCUT2D eigenvalue weighted by atomic mass is 9.88. The van der Waals surface area contributed by atoms with Crippen molar-refractivity contribution < 1.29 is 9.59 Å². The van der Waals surface area contributed by atoms with E-state index in [0.717, 1.165) is 13.1 Å². The van der Waals surface area contributed by atoms with Crippen molar-refractivity contribution in [2.24, 2.45) is 17.6 Å².